The standard InChI is InChI=1S/C31H42N4O6/c1-19-17-34(27-7-6-8-28(37)30(19)27)22-11-14-25(31(32)39)26(15-22)33-21-9-12-23(13-10-21)41-29(38)16-24(40-20(2)36)18-35(3,4)5/h11,14-15,17,21,23-24H,6-10,12-13,16,18H2,1-5H3,(H2-,32,33,39)/p+1. The zero-order valence-corrected chi connectivity index (χ0v) is 24.8. The Morgan fingerprint density at radius 1 is 1.12 bits per heavy atom. The number of esters is 2. The van der Waals surface area contributed by atoms with Crippen LogP contribution in [0.4, 0.5) is 5.69 Å². The molecule has 1 aromatic heterocycles. The number of carbonyl (C=O) groups excluding carboxylic acids is 4. The highest BCUT2D eigenvalue weighted by Gasteiger charge is 2.29. The number of primary amides is 1. The van der Waals surface area contributed by atoms with E-state index in [1.165, 1.54) is 6.92 Å². The number of rotatable bonds is 10. The van der Waals surface area contributed by atoms with Gasteiger partial charge in [-0.2, -0.15) is 0 Å². The first kappa shape index (κ1) is 30.3. The van der Waals surface area contributed by atoms with Crippen LogP contribution in [0.25, 0.3) is 5.69 Å². The number of ketones is 1. The second-order valence-corrected chi connectivity index (χ2v) is 12.4. The number of aromatic nitrogens is 1. The molecule has 222 valence electrons. The molecule has 0 spiro atoms. The van der Waals surface area contributed by atoms with Gasteiger partial charge in [0, 0.05) is 48.2 Å². The number of Topliss-reactive ketones (excluding diaryl/α,β-unsaturated/α-hetero) is 1. The van der Waals surface area contributed by atoms with Crippen molar-refractivity contribution in [2.45, 2.75) is 83.5 Å². The van der Waals surface area contributed by atoms with Crippen LogP contribution in [0.2, 0.25) is 0 Å². The summed E-state index contributed by atoms with van der Waals surface area (Å²) < 4.78 is 13.7. The molecule has 10 nitrogen and oxygen atoms in total. The number of anilines is 1. The zero-order chi connectivity index (χ0) is 29.9. The second kappa shape index (κ2) is 12.5. The zero-order valence-electron chi connectivity index (χ0n) is 24.8. The minimum Gasteiger partial charge on any atom is -0.462 e. The molecule has 1 aromatic carbocycles. The van der Waals surface area contributed by atoms with Gasteiger partial charge in [0.2, 0.25) is 0 Å². The number of benzene rings is 1. The van der Waals surface area contributed by atoms with Crippen LogP contribution in [0.3, 0.4) is 0 Å². The van der Waals surface area contributed by atoms with Crippen molar-refractivity contribution in [3.63, 3.8) is 0 Å². The van der Waals surface area contributed by atoms with Crippen LogP contribution in [0.1, 0.15) is 83.8 Å². The molecule has 0 aliphatic heterocycles. The van der Waals surface area contributed by atoms with Gasteiger partial charge in [-0.15, -0.1) is 0 Å². The van der Waals surface area contributed by atoms with Gasteiger partial charge in [0.1, 0.15) is 12.6 Å². The number of hydrogen-bond acceptors (Lipinski definition) is 7. The topological polar surface area (TPSA) is 130 Å². The van der Waals surface area contributed by atoms with E-state index in [9.17, 15) is 19.2 Å². The number of fused-ring (bicyclic) bond motifs is 1. The molecule has 1 heterocycles. The van der Waals surface area contributed by atoms with Gasteiger partial charge in [-0.1, -0.05) is 0 Å². The van der Waals surface area contributed by atoms with Gasteiger partial charge in [-0.25, -0.2) is 0 Å². The minimum absolute atomic E-state index is 0.0240. The van der Waals surface area contributed by atoms with E-state index in [0.29, 0.717) is 41.5 Å². The summed E-state index contributed by atoms with van der Waals surface area (Å²) >= 11 is 0. The summed E-state index contributed by atoms with van der Waals surface area (Å²) in [5.41, 5.74) is 10.4. The molecule has 3 N–H and O–H groups in total. The van der Waals surface area contributed by atoms with Gasteiger partial charge < -0.3 is 29.6 Å². The van der Waals surface area contributed by atoms with Crippen molar-refractivity contribution >= 4 is 29.3 Å². The molecule has 2 aliphatic carbocycles. The molecule has 0 saturated heterocycles. The number of likely N-dealkylation sites (N-methyl/N-ethyl adjacent to an activating group) is 1. The number of aryl methyl sites for hydroxylation is 1. The third-order valence-corrected chi connectivity index (χ3v) is 7.75. The van der Waals surface area contributed by atoms with Gasteiger partial charge in [0.15, 0.2) is 11.9 Å². The van der Waals surface area contributed by atoms with Crippen molar-refractivity contribution in [3.8, 4) is 5.69 Å². The lowest BCUT2D eigenvalue weighted by Gasteiger charge is -2.31. The molecule has 2 aliphatic rings. The van der Waals surface area contributed by atoms with Crippen LogP contribution in [-0.4, -0.2) is 78.6 Å². The first-order valence-corrected chi connectivity index (χ1v) is 14.4. The Morgan fingerprint density at radius 2 is 1.83 bits per heavy atom. The molecule has 41 heavy (non-hydrogen) atoms. The molecule has 1 atom stereocenters. The molecular weight excluding hydrogens is 524 g/mol. The number of amides is 1. The number of nitrogens with one attached hydrogen (secondary N) is 1. The van der Waals surface area contributed by atoms with Gasteiger partial charge >= 0.3 is 11.9 Å². The molecule has 0 bridgehead atoms. The Labute approximate surface area is 241 Å². The maximum Gasteiger partial charge on any atom is 0.310 e. The van der Waals surface area contributed by atoms with Crippen LogP contribution in [0.5, 0.6) is 0 Å². The molecular formula is C31H43N4O6+. The predicted molar refractivity (Wildman–Crippen MR) is 155 cm³/mol. The highest BCUT2D eigenvalue weighted by Crippen LogP contribution is 2.32. The molecule has 1 saturated carbocycles. The van der Waals surface area contributed by atoms with Crippen molar-refractivity contribution in [2.24, 2.45) is 5.73 Å². The Bertz CT molecular complexity index is 1320. The fourth-order valence-electron chi connectivity index (χ4n) is 6.05. The van der Waals surface area contributed by atoms with Crippen LogP contribution < -0.4 is 11.1 Å². The van der Waals surface area contributed by atoms with E-state index >= 15 is 0 Å². The minimum atomic E-state index is -0.537. The van der Waals surface area contributed by atoms with E-state index in [1.54, 1.807) is 6.07 Å². The third kappa shape index (κ3) is 7.75. The Hall–Kier alpha value is -3.66. The fourth-order valence-corrected chi connectivity index (χ4v) is 6.05. The van der Waals surface area contributed by atoms with Gasteiger partial charge in [-0.05, 0) is 69.2 Å². The monoisotopic (exact) mass is 567 g/mol. The summed E-state index contributed by atoms with van der Waals surface area (Å²) in [6, 6.07) is 5.60. The van der Waals surface area contributed by atoms with Crippen LogP contribution in [-0.2, 0) is 25.5 Å². The smallest absolute Gasteiger partial charge is 0.310 e. The van der Waals surface area contributed by atoms with Crippen molar-refractivity contribution in [1.82, 2.24) is 4.57 Å². The van der Waals surface area contributed by atoms with Gasteiger partial charge in [0.05, 0.1) is 33.1 Å². The summed E-state index contributed by atoms with van der Waals surface area (Å²) in [6.45, 7) is 3.81. The second-order valence-electron chi connectivity index (χ2n) is 12.4. The summed E-state index contributed by atoms with van der Waals surface area (Å²) in [6.07, 6.45) is 6.35. The fraction of sp³-hybridized carbons (Fsp3) is 0.548. The van der Waals surface area contributed by atoms with E-state index < -0.39 is 18.0 Å². The average molecular weight is 568 g/mol. The summed E-state index contributed by atoms with van der Waals surface area (Å²) in [4.78, 5) is 49.0. The first-order chi connectivity index (χ1) is 19.3. The molecule has 10 heteroatoms. The highest BCUT2D eigenvalue weighted by atomic mass is 16.6. The van der Waals surface area contributed by atoms with E-state index in [2.05, 4.69) is 9.88 Å². The molecule has 1 unspecified atom stereocenters. The molecule has 1 fully saturated rings. The normalized spacial score (nSPS) is 19.7. The summed E-state index contributed by atoms with van der Waals surface area (Å²) in [5.74, 6) is -1.11. The van der Waals surface area contributed by atoms with Crippen LogP contribution >= 0.6 is 0 Å². The Morgan fingerprint density at radius 3 is 2.46 bits per heavy atom. The lowest BCUT2D eigenvalue weighted by molar-refractivity contribution is -0.873. The maximum atomic E-state index is 12.7. The quantitative estimate of drug-likeness (QED) is 0.331. The number of nitrogens with zero attached hydrogens (tertiary/aromatic N) is 2. The largest absolute Gasteiger partial charge is 0.462 e. The number of ether oxygens (including phenoxy) is 2. The molecule has 2 aromatic rings. The molecule has 1 amide bonds. The first-order valence-electron chi connectivity index (χ1n) is 14.4. The molecule has 4 rings (SSSR count). The number of nitrogens with two attached hydrogens (primary N) is 1. The van der Waals surface area contributed by atoms with E-state index in [1.807, 2.05) is 46.4 Å². The van der Waals surface area contributed by atoms with Crippen LogP contribution in [0.15, 0.2) is 24.4 Å². The maximum absolute atomic E-state index is 12.7. The van der Waals surface area contributed by atoms with Gasteiger partial charge in [0.25, 0.3) is 5.91 Å². The lowest BCUT2D eigenvalue weighted by atomic mass is 9.92. The Balaban J connectivity index is 1.40. The summed E-state index contributed by atoms with van der Waals surface area (Å²) in [5, 5.41) is 3.51. The van der Waals surface area contributed by atoms with E-state index in [-0.39, 0.29) is 30.3 Å². The third-order valence-electron chi connectivity index (χ3n) is 7.75. The predicted octanol–water partition coefficient (Wildman–Crippen LogP) is 3.70. The average Bonchev–Trinajstić information content (AvgIpc) is 3.21. The van der Waals surface area contributed by atoms with Crippen molar-refractivity contribution in [1.29, 1.82) is 0 Å². The van der Waals surface area contributed by atoms with E-state index in [4.69, 9.17) is 15.2 Å². The SMILES string of the molecule is CC(=O)OC(CC(=O)OC1CCC(Nc2cc(-n3cc(C)c4c3CCCC4=O)ccc2C(N)=O)CC1)C[N+](C)(C)C. The number of hydrogen-bond donors (Lipinski definition) is 2. The highest BCUT2D eigenvalue weighted by molar-refractivity contribution is 6.00. The van der Waals surface area contributed by atoms with Gasteiger partial charge in [-0.3, -0.25) is 19.2 Å². The lowest BCUT2D eigenvalue weighted by Crippen LogP contribution is -2.44. The summed E-state index contributed by atoms with van der Waals surface area (Å²) in [7, 11) is 5.93. The van der Waals surface area contributed by atoms with Crippen molar-refractivity contribution in [2.75, 3.05) is 33.0 Å². The number of carbonyl (C=O) groups is 4. The van der Waals surface area contributed by atoms with E-state index in [0.717, 1.165) is 48.2 Å². The van der Waals surface area contributed by atoms with Crippen molar-refractivity contribution in [3.05, 3.63) is 46.8 Å². The Kier molecular flexibility index (Phi) is 9.21. The van der Waals surface area contributed by atoms with Crippen LogP contribution in [0, 0.1) is 6.92 Å². The number of quaternary nitrogens is 1. The molecule has 0 radical (unpaired) electrons. The van der Waals surface area contributed by atoms with Crippen molar-refractivity contribution < 1.29 is 33.1 Å².